The number of urea groups is 1. The second kappa shape index (κ2) is 8.01. The normalized spacial score (nSPS) is 15.0. The molecular formula is C20H26N4O. The second-order valence-corrected chi connectivity index (χ2v) is 6.83. The zero-order valence-corrected chi connectivity index (χ0v) is 15.0. The van der Waals surface area contributed by atoms with Crippen LogP contribution in [0.4, 0.5) is 16.3 Å². The minimum atomic E-state index is -0.128. The molecular weight excluding hydrogens is 312 g/mol. The van der Waals surface area contributed by atoms with E-state index in [2.05, 4.69) is 32.7 Å². The third kappa shape index (κ3) is 4.95. The lowest BCUT2D eigenvalue weighted by atomic mass is 9.97. The Labute approximate surface area is 149 Å². The van der Waals surface area contributed by atoms with Gasteiger partial charge in [0.25, 0.3) is 0 Å². The minimum Gasteiger partial charge on any atom is -0.357 e. The van der Waals surface area contributed by atoms with Gasteiger partial charge in [-0.05, 0) is 68.0 Å². The fourth-order valence-corrected chi connectivity index (χ4v) is 3.37. The summed E-state index contributed by atoms with van der Waals surface area (Å²) in [5.74, 6) is 1.56. The molecule has 1 aliphatic rings. The van der Waals surface area contributed by atoms with Crippen LogP contribution < -0.4 is 15.5 Å². The van der Waals surface area contributed by atoms with Gasteiger partial charge in [-0.15, -0.1) is 0 Å². The van der Waals surface area contributed by atoms with Crippen LogP contribution in [0.5, 0.6) is 0 Å². The summed E-state index contributed by atoms with van der Waals surface area (Å²) in [7, 11) is 0. The molecule has 0 aliphatic carbocycles. The van der Waals surface area contributed by atoms with E-state index >= 15 is 0 Å². The highest BCUT2D eigenvalue weighted by Gasteiger charge is 2.20. The molecule has 1 aromatic carbocycles. The van der Waals surface area contributed by atoms with Gasteiger partial charge < -0.3 is 15.5 Å². The quantitative estimate of drug-likeness (QED) is 0.893. The van der Waals surface area contributed by atoms with Gasteiger partial charge in [0.15, 0.2) is 0 Å². The van der Waals surface area contributed by atoms with Gasteiger partial charge in [-0.25, -0.2) is 9.78 Å². The maximum Gasteiger partial charge on any atom is 0.319 e. The Morgan fingerprint density at radius 1 is 1.16 bits per heavy atom. The number of amides is 2. The van der Waals surface area contributed by atoms with Gasteiger partial charge in [-0.1, -0.05) is 12.1 Å². The summed E-state index contributed by atoms with van der Waals surface area (Å²) in [5.41, 5.74) is 3.15. The third-order valence-electron chi connectivity index (χ3n) is 4.62. The number of benzene rings is 1. The molecule has 0 unspecified atom stereocenters. The van der Waals surface area contributed by atoms with Crippen molar-refractivity contribution < 1.29 is 4.79 Å². The largest absolute Gasteiger partial charge is 0.357 e. The van der Waals surface area contributed by atoms with Gasteiger partial charge in [0.2, 0.25) is 0 Å². The van der Waals surface area contributed by atoms with E-state index in [1.54, 1.807) is 0 Å². The molecule has 0 atom stereocenters. The van der Waals surface area contributed by atoms with Crippen LogP contribution in [-0.4, -0.2) is 30.6 Å². The number of hydrogen-bond donors (Lipinski definition) is 2. The van der Waals surface area contributed by atoms with Crippen molar-refractivity contribution in [1.82, 2.24) is 10.3 Å². The molecule has 3 rings (SSSR count). The number of carbonyl (C=O) groups excluding carboxylic acids is 1. The summed E-state index contributed by atoms with van der Waals surface area (Å²) in [4.78, 5) is 18.8. The van der Waals surface area contributed by atoms with Gasteiger partial charge in [0.05, 0.1) is 0 Å². The number of pyridine rings is 1. The monoisotopic (exact) mass is 338 g/mol. The first-order valence-corrected chi connectivity index (χ1v) is 8.89. The lowest BCUT2D eigenvalue weighted by Crippen LogP contribution is -2.40. The first-order chi connectivity index (χ1) is 12.1. The second-order valence-electron chi connectivity index (χ2n) is 6.83. The van der Waals surface area contributed by atoms with E-state index in [0.29, 0.717) is 12.5 Å². The maximum absolute atomic E-state index is 12.1. The van der Waals surface area contributed by atoms with E-state index < -0.39 is 0 Å². The number of carbonyl (C=O) groups is 1. The standard InChI is InChI=1S/C20H26N4O/c1-15-11-16(2)13-18(12-15)23-20(25)22-14-17-6-9-24(10-7-17)19-5-3-4-8-21-19/h3-5,8,11-13,17H,6-7,9-10,14H2,1-2H3,(H2,22,23,25). The predicted molar refractivity (Wildman–Crippen MR) is 102 cm³/mol. The average molecular weight is 338 g/mol. The Balaban J connectivity index is 1.43. The number of anilines is 2. The summed E-state index contributed by atoms with van der Waals surface area (Å²) in [5, 5.41) is 5.94. The lowest BCUT2D eigenvalue weighted by molar-refractivity contribution is 0.248. The van der Waals surface area contributed by atoms with Gasteiger partial charge >= 0.3 is 6.03 Å². The maximum atomic E-state index is 12.1. The molecule has 2 aromatic rings. The molecule has 0 saturated carbocycles. The molecule has 2 N–H and O–H groups in total. The molecule has 132 valence electrons. The molecule has 0 radical (unpaired) electrons. The summed E-state index contributed by atoms with van der Waals surface area (Å²) in [6.45, 7) is 6.76. The van der Waals surface area contributed by atoms with Crippen LogP contribution in [0.3, 0.4) is 0 Å². The molecule has 1 aromatic heterocycles. The van der Waals surface area contributed by atoms with Crippen molar-refractivity contribution in [1.29, 1.82) is 0 Å². The van der Waals surface area contributed by atoms with E-state index in [0.717, 1.165) is 48.6 Å². The zero-order valence-electron chi connectivity index (χ0n) is 15.0. The van der Waals surface area contributed by atoms with Gasteiger partial charge in [-0.2, -0.15) is 0 Å². The van der Waals surface area contributed by atoms with Crippen molar-refractivity contribution in [2.45, 2.75) is 26.7 Å². The molecule has 5 heteroatoms. The number of hydrogen-bond acceptors (Lipinski definition) is 3. The van der Waals surface area contributed by atoms with E-state index in [9.17, 15) is 4.79 Å². The molecule has 0 spiro atoms. The molecule has 1 aliphatic heterocycles. The van der Waals surface area contributed by atoms with Gasteiger partial charge in [0, 0.05) is 31.5 Å². The first-order valence-electron chi connectivity index (χ1n) is 8.89. The highest BCUT2D eigenvalue weighted by molar-refractivity contribution is 5.89. The summed E-state index contributed by atoms with van der Waals surface area (Å²) >= 11 is 0. The van der Waals surface area contributed by atoms with Crippen LogP contribution in [0, 0.1) is 19.8 Å². The van der Waals surface area contributed by atoms with Gasteiger partial charge in [0.1, 0.15) is 5.82 Å². The zero-order chi connectivity index (χ0) is 17.6. The number of nitrogens with zero attached hydrogens (tertiary/aromatic N) is 2. The Kier molecular flexibility index (Phi) is 5.53. The molecule has 1 saturated heterocycles. The Morgan fingerprint density at radius 3 is 2.52 bits per heavy atom. The topological polar surface area (TPSA) is 57.3 Å². The molecule has 0 bridgehead atoms. The Morgan fingerprint density at radius 2 is 1.88 bits per heavy atom. The number of rotatable bonds is 4. The smallest absolute Gasteiger partial charge is 0.319 e. The summed E-state index contributed by atoms with van der Waals surface area (Å²) in [6.07, 6.45) is 3.97. The average Bonchev–Trinajstić information content (AvgIpc) is 2.60. The highest BCUT2D eigenvalue weighted by atomic mass is 16.2. The Bertz CT molecular complexity index is 689. The molecule has 1 fully saturated rings. The number of aryl methyl sites for hydroxylation is 2. The molecule has 25 heavy (non-hydrogen) atoms. The lowest BCUT2D eigenvalue weighted by Gasteiger charge is -2.32. The van der Waals surface area contributed by atoms with Crippen LogP contribution in [0.25, 0.3) is 0 Å². The Hall–Kier alpha value is -2.56. The van der Waals surface area contributed by atoms with Crippen LogP contribution in [0.15, 0.2) is 42.6 Å². The molecule has 5 nitrogen and oxygen atoms in total. The van der Waals surface area contributed by atoms with Crippen molar-refractivity contribution in [2.24, 2.45) is 5.92 Å². The van der Waals surface area contributed by atoms with Crippen LogP contribution >= 0.6 is 0 Å². The highest BCUT2D eigenvalue weighted by Crippen LogP contribution is 2.21. The molecule has 2 amide bonds. The minimum absolute atomic E-state index is 0.128. The van der Waals surface area contributed by atoms with E-state index in [4.69, 9.17) is 0 Å². The van der Waals surface area contributed by atoms with Crippen molar-refractivity contribution in [3.63, 3.8) is 0 Å². The van der Waals surface area contributed by atoms with Crippen molar-refractivity contribution >= 4 is 17.5 Å². The van der Waals surface area contributed by atoms with Crippen molar-refractivity contribution in [2.75, 3.05) is 29.9 Å². The van der Waals surface area contributed by atoms with E-state index in [1.807, 2.05) is 44.3 Å². The fraction of sp³-hybridized carbons (Fsp3) is 0.400. The van der Waals surface area contributed by atoms with Crippen LogP contribution in [0.1, 0.15) is 24.0 Å². The first kappa shape index (κ1) is 17.3. The van der Waals surface area contributed by atoms with Crippen molar-refractivity contribution in [3.05, 3.63) is 53.7 Å². The van der Waals surface area contributed by atoms with Gasteiger partial charge in [-0.3, -0.25) is 0 Å². The van der Waals surface area contributed by atoms with Crippen LogP contribution in [0.2, 0.25) is 0 Å². The number of nitrogens with one attached hydrogen (secondary N) is 2. The third-order valence-corrected chi connectivity index (χ3v) is 4.62. The number of piperidine rings is 1. The van der Waals surface area contributed by atoms with Crippen LogP contribution in [-0.2, 0) is 0 Å². The summed E-state index contributed by atoms with van der Waals surface area (Å²) in [6, 6.07) is 11.9. The van der Waals surface area contributed by atoms with Crippen molar-refractivity contribution in [3.8, 4) is 0 Å². The molecule has 2 heterocycles. The van der Waals surface area contributed by atoms with E-state index in [-0.39, 0.29) is 6.03 Å². The van der Waals surface area contributed by atoms with E-state index in [1.165, 1.54) is 0 Å². The summed E-state index contributed by atoms with van der Waals surface area (Å²) < 4.78 is 0. The predicted octanol–water partition coefficient (Wildman–Crippen LogP) is 3.74. The SMILES string of the molecule is Cc1cc(C)cc(NC(=O)NCC2CCN(c3ccccn3)CC2)c1. The number of aromatic nitrogens is 1. The fourth-order valence-electron chi connectivity index (χ4n) is 3.37.